The Morgan fingerprint density at radius 2 is 2.04 bits per heavy atom. The van der Waals surface area contributed by atoms with E-state index in [-0.39, 0.29) is 22.9 Å². The fourth-order valence-corrected chi connectivity index (χ4v) is 3.56. The molecular formula is C16H12ClF4N5. The van der Waals surface area contributed by atoms with E-state index in [1.54, 1.807) is 6.92 Å². The molecule has 1 unspecified atom stereocenters. The Balaban J connectivity index is 1.91. The molecule has 0 aliphatic carbocycles. The lowest BCUT2D eigenvalue weighted by atomic mass is 10.0. The van der Waals surface area contributed by atoms with Gasteiger partial charge in [-0.1, -0.05) is 17.7 Å². The van der Waals surface area contributed by atoms with Crippen LogP contribution in [0.4, 0.5) is 23.4 Å². The molecule has 10 heteroatoms. The van der Waals surface area contributed by atoms with Crippen LogP contribution >= 0.6 is 11.6 Å². The van der Waals surface area contributed by atoms with Crippen LogP contribution in [0.15, 0.2) is 24.5 Å². The van der Waals surface area contributed by atoms with Gasteiger partial charge in [0.2, 0.25) is 0 Å². The van der Waals surface area contributed by atoms with Crippen molar-refractivity contribution in [3.05, 3.63) is 52.2 Å². The minimum absolute atomic E-state index is 0.121. The van der Waals surface area contributed by atoms with Gasteiger partial charge in [0.05, 0.1) is 5.02 Å². The fourth-order valence-electron chi connectivity index (χ4n) is 3.37. The van der Waals surface area contributed by atoms with Crippen LogP contribution < -0.4 is 4.90 Å². The summed E-state index contributed by atoms with van der Waals surface area (Å²) in [7, 11) is 0. The zero-order valence-corrected chi connectivity index (χ0v) is 14.2. The summed E-state index contributed by atoms with van der Waals surface area (Å²) in [5.41, 5.74) is 1.16. The normalized spacial score (nSPS) is 15.5. The van der Waals surface area contributed by atoms with Crippen LogP contribution in [0.3, 0.4) is 0 Å². The molecule has 1 aliphatic rings. The second-order valence-corrected chi connectivity index (χ2v) is 6.44. The Labute approximate surface area is 150 Å². The van der Waals surface area contributed by atoms with E-state index in [0.717, 1.165) is 18.2 Å². The summed E-state index contributed by atoms with van der Waals surface area (Å²) in [5, 5.41) is 3.67. The number of alkyl halides is 3. The average Bonchev–Trinajstić information content (AvgIpc) is 3.16. The first-order chi connectivity index (χ1) is 12.3. The van der Waals surface area contributed by atoms with E-state index in [0.29, 0.717) is 23.5 Å². The molecule has 4 rings (SSSR count). The topological polar surface area (TPSA) is 46.3 Å². The minimum Gasteiger partial charge on any atom is -0.340 e. The summed E-state index contributed by atoms with van der Waals surface area (Å²) in [5.74, 6) is -0.240. The first-order valence-electron chi connectivity index (χ1n) is 7.75. The number of anilines is 1. The van der Waals surface area contributed by atoms with Crippen molar-refractivity contribution < 1.29 is 17.6 Å². The molecule has 5 nitrogen and oxygen atoms in total. The molecule has 1 aromatic carbocycles. The predicted molar refractivity (Wildman–Crippen MR) is 86.8 cm³/mol. The molecule has 136 valence electrons. The Morgan fingerprint density at radius 3 is 2.73 bits per heavy atom. The summed E-state index contributed by atoms with van der Waals surface area (Å²) in [4.78, 5) is 9.45. The lowest BCUT2D eigenvalue weighted by molar-refractivity contribution is -0.150. The summed E-state index contributed by atoms with van der Waals surface area (Å²) in [6.45, 7) is 1.85. The van der Waals surface area contributed by atoms with Crippen molar-refractivity contribution in [2.75, 3.05) is 11.4 Å². The Kier molecular flexibility index (Phi) is 3.80. The number of halogens is 5. The molecular weight excluding hydrogens is 374 g/mol. The highest BCUT2D eigenvalue weighted by atomic mass is 35.5. The molecule has 1 aliphatic heterocycles. The monoisotopic (exact) mass is 385 g/mol. The third-order valence-electron chi connectivity index (χ3n) is 4.46. The lowest BCUT2D eigenvalue weighted by Crippen LogP contribution is -2.38. The second kappa shape index (κ2) is 5.80. The number of hydrogen-bond acceptors (Lipinski definition) is 4. The molecule has 0 bridgehead atoms. The van der Waals surface area contributed by atoms with Crippen LogP contribution in [0.5, 0.6) is 0 Å². The van der Waals surface area contributed by atoms with Crippen LogP contribution in [0.1, 0.15) is 22.9 Å². The highest BCUT2D eigenvalue weighted by Crippen LogP contribution is 2.44. The van der Waals surface area contributed by atoms with Crippen molar-refractivity contribution in [2.24, 2.45) is 0 Å². The highest BCUT2D eigenvalue weighted by molar-refractivity contribution is 6.30. The number of aromatic nitrogens is 4. The maximum Gasteiger partial charge on any atom is 0.413 e. The first kappa shape index (κ1) is 17.0. The van der Waals surface area contributed by atoms with Gasteiger partial charge >= 0.3 is 6.18 Å². The van der Waals surface area contributed by atoms with Crippen LogP contribution in [-0.2, 0) is 6.42 Å². The molecule has 3 heterocycles. The SMILES string of the molecule is Cc1nc2ncnn2c2c1CCN2C(c1ccc(F)c(Cl)c1)C(F)(F)F. The lowest BCUT2D eigenvalue weighted by Gasteiger charge is -2.32. The molecule has 0 saturated heterocycles. The standard InChI is InChI=1S/C16H12ClF4N5/c1-8-10-4-5-25(14(10)26-15(24-8)22-7-23-26)13(16(19,20)21)9-2-3-12(18)11(17)6-9/h2-3,6-7,13H,4-5H2,1H3. The van der Waals surface area contributed by atoms with Gasteiger partial charge in [0.1, 0.15) is 18.0 Å². The van der Waals surface area contributed by atoms with E-state index >= 15 is 0 Å². The largest absolute Gasteiger partial charge is 0.413 e. The molecule has 0 radical (unpaired) electrons. The molecule has 3 aromatic rings. The Bertz CT molecular complexity index is 1000. The Morgan fingerprint density at radius 1 is 1.27 bits per heavy atom. The van der Waals surface area contributed by atoms with Gasteiger partial charge in [-0.25, -0.2) is 9.37 Å². The van der Waals surface area contributed by atoms with Gasteiger partial charge in [-0.05, 0) is 31.0 Å². The van der Waals surface area contributed by atoms with Crippen LogP contribution in [-0.4, -0.2) is 32.3 Å². The van der Waals surface area contributed by atoms with Crippen LogP contribution in [0.2, 0.25) is 5.02 Å². The van der Waals surface area contributed by atoms with Crippen molar-refractivity contribution in [3.63, 3.8) is 0 Å². The number of nitrogens with zero attached hydrogens (tertiary/aromatic N) is 5. The summed E-state index contributed by atoms with van der Waals surface area (Å²) in [6.07, 6.45) is -2.96. The van der Waals surface area contributed by atoms with Gasteiger partial charge in [0.15, 0.2) is 6.04 Å². The summed E-state index contributed by atoms with van der Waals surface area (Å²) < 4.78 is 56.7. The van der Waals surface area contributed by atoms with Crippen molar-refractivity contribution >= 4 is 23.2 Å². The third-order valence-corrected chi connectivity index (χ3v) is 4.75. The number of aryl methyl sites for hydroxylation is 1. The molecule has 0 N–H and O–H groups in total. The average molecular weight is 386 g/mol. The molecule has 1 atom stereocenters. The van der Waals surface area contributed by atoms with Crippen molar-refractivity contribution in [2.45, 2.75) is 25.6 Å². The molecule has 2 aromatic heterocycles. The number of rotatable bonds is 2. The second-order valence-electron chi connectivity index (χ2n) is 6.03. The van der Waals surface area contributed by atoms with E-state index in [2.05, 4.69) is 15.1 Å². The van der Waals surface area contributed by atoms with Crippen molar-refractivity contribution in [1.29, 1.82) is 0 Å². The van der Waals surface area contributed by atoms with Gasteiger partial charge in [0.25, 0.3) is 5.78 Å². The van der Waals surface area contributed by atoms with Crippen LogP contribution in [0.25, 0.3) is 5.78 Å². The third kappa shape index (κ3) is 2.57. The fraction of sp³-hybridized carbons (Fsp3) is 0.312. The quantitative estimate of drug-likeness (QED) is 0.628. The van der Waals surface area contributed by atoms with E-state index in [9.17, 15) is 17.6 Å². The van der Waals surface area contributed by atoms with E-state index < -0.39 is 18.0 Å². The molecule has 26 heavy (non-hydrogen) atoms. The van der Waals surface area contributed by atoms with Crippen molar-refractivity contribution in [3.8, 4) is 0 Å². The zero-order valence-electron chi connectivity index (χ0n) is 13.4. The van der Waals surface area contributed by atoms with E-state index in [1.165, 1.54) is 15.7 Å². The Hall–Kier alpha value is -2.42. The highest BCUT2D eigenvalue weighted by Gasteiger charge is 2.48. The summed E-state index contributed by atoms with van der Waals surface area (Å²) in [6, 6.07) is 1.07. The molecule has 0 saturated carbocycles. The zero-order chi connectivity index (χ0) is 18.6. The number of hydrogen-bond donors (Lipinski definition) is 0. The summed E-state index contributed by atoms with van der Waals surface area (Å²) >= 11 is 5.72. The molecule has 0 fully saturated rings. The predicted octanol–water partition coefficient (Wildman–Crippen LogP) is 3.89. The number of fused-ring (bicyclic) bond motifs is 3. The first-order valence-corrected chi connectivity index (χ1v) is 8.12. The van der Waals surface area contributed by atoms with Gasteiger partial charge in [-0.15, -0.1) is 0 Å². The van der Waals surface area contributed by atoms with Gasteiger partial charge in [0, 0.05) is 17.8 Å². The van der Waals surface area contributed by atoms with Gasteiger partial charge in [-0.3, -0.25) is 0 Å². The van der Waals surface area contributed by atoms with E-state index in [4.69, 9.17) is 11.6 Å². The van der Waals surface area contributed by atoms with E-state index in [1.807, 2.05) is 0 Å². The molecule has 0 amide bonds. The van der Waals surface area contributed by atoms with Gasteiger partial charge in [-0.2, -0.15) is 27.8 Å². The molecule has 0 spiro atoms. The van der Waals surface area contributed by atoms with Gasteiger partial charge < -0.3 is 4.90 Å². The van der Waals surface area contributed by atoms with Crippen molar-refractivity contribution in [1.82, 2.24) is 19.6 Å². The maximum absolute atomic E-state index is 14.0. The van der Waals surface area contributed by atoms with Crippen LogP contribution in [0, 0.1) is 12.7 Å². The maximum atomic E-state index is 14.0. The smallest absolute Gasteiger partial charge is 0.340 e. The number of benzene rings is 1. The minimum atomic E-state index is -4.60.